The Hall–Kier alpha value is -4.07. The van der Waals surface area contributed by atoms with E-state index in [2.05, 4.69) is 9.97 Å². The third-order valence-corrected chi connectivity index (χ3v) is 6.23. The predicted octanol–water partition coefficient (Wildman–Crippen LogP) is 4.40. The van der Waals surface area contributed by atoms with Crippen molar-refractivity contribution in [3.8, 4) is 16.9 Å². The van der Waals surface area contributed by atoms with Crippen LogP contribution >= 0.6 is 0 Å². The summed E-state index contributed by atoms with van der Waals surface area (Å²) in [4.78, 5) is 21.4. The Bertz CT molecular complexity index is 1590. The lowest BCUT2D eigenvalue weighted by Gasteiger charge is -2.18. The van der Waals surface area contributed by atoms with Crippen molar-refractivity contribution in [2.45, 2.75) is 12.5 Å². The highest BCUT2D eigenvalue weighted by Gasteiger charge is 2.30. The van der Waals surface area contributed by atoms with Crippen molar-refractivity contribution in [2.24, 2.45) is 7.05 Å². The van der Waals surface area contributed by atoms with Gasteiger partial charge in [-0.15, -0.1) is 0 Å². The second-order valence-electron chi connectivity index (χ2n) is 8.18. The van der Waals surface area contributed by atoms with E-state index >= 15 is 4.39 Å². The number of ether oxygens (including phenoxy) is 1. The molecule has 33 heavy (non-hydrogen) atoms. The number of imidazole rings is 1. The van der Waals surface area contributed by atoms with Crippen molar-refractivity contribution in [1.82, 2.24) is 19.1 Å². The van der Waals surface area contributed by atoms with Gasteiger partial charge in [0, 0.05) is 24.9 Å². The highest BCUT2D eigenvalue weighted by molar-refractivity contribution is 6.09. The summed E-state index contributed by atoms with van der Waals surface area (Å²) in [6.07, 6.45) is 3.42. The van der Waals surface area contributed by atoms with Gasteiger partial charge in [0.25, 0.3) is 0 Å². The molecule has 0 radical (unpaired) electrons. The molecule has 1 aliphatic rings. The van der Waals surface area contributed by atoms with Gasteiger partial charge in [-0.25, -0.2) is 14.2 Å². The topological polar surface area (TPSA) is 61.9 Å². The smallest absolute Gasteiger partial charge is 0.329 e. The van der Waals surface area contributed by atoms with Crippen molar-refractivity contribution < 1.29 is 13.5 Å². The van der Waals surface area contributed by atoms with Crippen LogP contribution in [-0.4, -0.2) is 25.7 Å². The highest BCUT2D eigenvalue weighted by atomic mass is 19.1. The summed E-state index contributed by atoms with van der Waals surface area (Å²) >= 11 is 0. The largest absolute Gasteiger partial charge is 0.490 e. The summed E-state index contributed by atoms with van der Waals surface area (Å²) < 4.78 is 38.3. The Morgan fingerprint density at radius 1 is 1.09 bits per heavy atom. The second-order valence-corrected chi connectivity index (χ2v) is 8.18. The van der Waals surface area contributed by atoms with Crippen LogP contribution in [0.3, 0.4) is 0 Å². The van der Waals surface area contributed by atoms with Crippen LogP contribution < -0.4 is 10.4 Å². The lowest BCUT2D eigenvalue weighted by atomic mass is 10.0. The maximum atomic E-state index is 15.3. The lowest BCUT2D eigenvalue weighted by molar-refractivity contribution is 0.255. The first-order valence-corrected chi connectivity index (χ1v) is 10.5. The van der Waals surface area contributed by atoms with Gasteiger partial charge in [-0.05, 0) is 24.1 Å². The molecule has 3 aromatic heterocycles. The van der Waals surface area contributed by atoms with E-state index in [4.69, 9.17) is 4.74 Å². The Labute approximate surface area is 186 Å². The van der Waals surface area contributed by atoms with Gasteiger partial charge < -0.3 is 4.74 Å². The van der Waals surface area contributed by atoms with Gasteiger partial charge >= 0.3 is 5.69 Å². The number of aryl methyl sites for hydroxylation is 1. The van der Waals surface area contributed by atoms with E-state index in [0.717, 1.165) is 5.56 Å². The van der Waals surface area contributed by atoms with Crippen molar-refractivity contribution in [3.63, 3.8) is 0 Å². The summed E-state index contributed by atoms with van der Waals surface area (Å²) in [6.45, 7) is 0.156. The number of halogens is 2. The molecule has 5 aromatic rings. The standard InChI is InChI=1S/C25H18F2N4O2/c1-30-19-12-28-18-10-17(26)21(15-7-8-20(27)29-11-15)24-22(18)23(19)31(25(30)32)16(13-33-24)9-14-5-3-2-4-6-14/h2-8,10-12,16H,9,13H2,1H3/t16-/m1/s1. The van der Waals surface area contributed by atoms with Crippen LogP contribution in [0.25, 0.3) is 33.1 Å². The molecule has 0 unspecified atom stereocenters. The van der Waals surface area contributed by atoms with Crippen molar-refractivity contribution >= 4 is 21.9 Å². The van der Waals surface area contributed by atoms with Gasteiger partial charge in [0.15, 0.2) is 0 Å². The van der Waals surface area contributed by atoms with E-state index in [1.165, 1.54) is 24.4 Å². The molecule has 6 rings (SSSR count). The zero-order chi connectivity index (χ0) is 22.7. The zero-order valence-corrected chi connectivity index (χ0v) is 17.6. The van der Waals surface area contributed by atoms with Crippen LogP contribution in [0.4, 0.5) is 8.78 Å². The molecule has 8 heteroatoms. The normalized spacial score (nSPS) is 15.2. The van der Waals surface area contributed by atoms with E-state index in [1.807, 2.05) is 30.3 Å². The van der Waals surface area contributed by atoms with Crippen molar-refractivity contribution in [2.75, 3.05) is 6.61 Å². The number of hydrogen-bond donors (Lipinski definition) is 0. The molecular formula is C25H18F2N4O2. The average Bonchev–Trinajstić information content (AvgIpc) is 2.96. The Kier molecular flexibility index (Phi) is 4.29. The Balaban J connectivity index is 1.67. The zero-order valence-electron chi connectivity index (χ0n) is 17.6. The molecule has 0 N–H and O–H groups in total. The fraction of sp³-hybridized carbons (Fsp3) is 0.160. The van der Waals surface area contributed by atoms with E-state index in [1.54, 1.807) is 22.4 Å². The molecule has 0 spiro atoms. The molecule has 4 heterocycles. The monoisotopic (exact) mass is 444 g/mol. The molecule has 0 saturated heterocycles. The fourth-order valence-electron chi connectivity index (χ4n) is 4.68. The molecule has 164 valence electrons. The SMILES string of the molecule is Cn1c(=O)n2c3c4c(c(-c5ccc(F)nc5)c(F)cc4ncc31)OC[C@H]2Cc1ccccc1. The molecule has 0 fully saturated rings. The maximum Gasteiger partial charge on any atom is 0.329 e. The summed E-state index contributed by atoms with van der Waals surface area (Å²) in [6, 6.07) is 13.5. The Morgan fingerprint density at radius 2 is 1.91 bits per heavy atom. The number of benzene rings is 2. The minimum absolute atomic E-state index is 0.156. The molecule has 0 saturated carbocycles. The van der Waals surface area contributed by atoms with E-state index in [0.29, 0.717) is 33.9 Å². The molecule has 6 nitrogen and oxygen atoms in total. The average molecular weight is 444 g/mol. The number of nitrogens with zero attached hydrogens (tertiary/aromatic N) is 4. The first kappa shape index (κ1) is 19.6. The minimum atomic E-state index is -0.657. The van der Waals surface area contributed by atoms with Crippen LogP contribution in [0.15, 0.2) is 65.7 Å². The summed E-state index contributed by atoms with van der Waals surface area (Å²) in [5, 5.41) is 0.557. The maximum absolute atomic E-state index is 15.3. The van der Waals surface area contributed by atoms with Crippen molar-refractivity contribution in [1.29, 1.82) is 0 Å². The summed E-state index contributed by atoms with van der Waals surface area (Å²) in [5.74, 6) is -0.925. The fourth-order valence-corrected chi connectivity index (χ4v) is 4.68. The van der Waals surface area contributed by atoms with E-state index in [-0.39, 0.29) is 29.7 Å². The molecule has 0 aliphatic carbocycles. The first-order valence-electron chi connectivity index (χ1n) is 10.5. The van der Waals surface area contributed by atoms with Crippen LogP contribution in [-0.2, 0) is 13.5 Å². The second kappa shape index (κ2) is 7.23. The number of pyridine rings is 2. The number of hydrogen-bond acceptors (Lipinski definition) is 4. The van der Waals surface area contributed by atoms with Gasteiger partial charge in [0.1, 0.15) is 18.2 Å². The van der Waals surface area contributed by atoms with Gasteiger partial charge in [-0.3, -0.25) is 14.1 Å². The van der Waals surface area contributed by atoms with Crippen LogP contribution in [0.1, 0.15) is 11.6 Å². The molecule has 2 aromatic carbocycles. The highest BCUT2D eigenvalue weighted by Crippen LogP contribution is 2.43. The van der Waals surface area contributed by atoms with Crippen LogP contribution in [0.2, 0.25) is 0 Å². The molecule has 1 aliphatic heterocycles. The quantitative estimate of drug-likeness (QED) is 0.387. The van der Waals surface area contributed by atoms with E-state index < -0.39 is 11.8 Å². The first-order chi connectivity index (χ1) is 16.0. The van der Waals surface area contributed by atoms with E-state index in [9.17, 15) is 9.18 Å². The van der Waals surface area contributed by atoms with Crippen molar-refractivity contribution in [3.05, 3.63) is 88.7 Å². The third kappa shape index (κ3) is 2.94. The Morgan fingerprint density at radius 3 is 2.67 bits per heavy atom. The van der Waals surface area contributed by atoms with Crippen LogP contribution in [0.5, 0.6) is 5.75 Å². The summed E-state index contributed by atoms with van der Waals surface area (Å²) in [5.41, 5.74) is 3.09. The number of aromatic nitrogens is 4. The van der Waals surface area contributed by atoms with Crippen LogP contribution in [0, 0.1) is 11.8 Å². The molecule has 0 bridgehead atoms. The minimum Gasteiger partial charge on any atom is -0.490 e. The molecule has 1 atom stereocenters. The molecular weight excluding hydrogens is 426 g/mol. The van der Waals surface area contributed by atoms with Gasteiger partial charge in [-0.1, -0.05) is 30.3 Å². The lowest BCUT2D eigenvalue weighted by Crippen LogP contribution is -2.30. The van der Waals surface area contributed by atoms with Gasteiger partial charge in [0.05, 0.1) is 39.7 Å². The third-order valence-electron chi connectivity index (χ3n) is 6.23. The molecule has 0 amide bonds. The van der Waals surface area contributed by atoms with Gasteiger partial charge in [0.2, 0.25) is 5.95 Å². The van der Waals surface area contributed by atoms with Gasteiger partial charge in [-0.2, -0.15) is 4.39 Å². The summed E-state index contributed by atoms with van der Waals surface area (Å²) in [7, 11) is 1.70. The number of rotatable bonds is 3. The predicted molar refractivity (Wildman–Crippen MR) is 120 cm³/mol.